The Morgan fingerprint density at radius 1 is 1.11 bits per heavy atom. The fourth-order valence-corrected chi connectivity index (χ4v) is 6.01. The normalized spacial score (nSPS) is 21.8. The van der Waals surface area contributed by atoms with Crippen molar-refractivity contribution in [3.63, 3.8) is 0 Å². The molecule has 6 rings (SSSR count). The summed E-state index contributed by atoms with van der Waals surface area (Å²) in [6, 6.07) is 20.5. The fraction of sp³-hybridized carbons (Fsp3) is 0.367. The van der Waals surface area contributed by atoms with Gasteiger partial charge in [-0.1, -0.05) is 30.3 Å². The van der Waals surface area contributed by atoms with Gasteiger partial charge in [-0.15, -0.1) is 0 Å². The molecule has 2 N–H and O–H groups in total. The smallest absolute Gasteiger partial charge is 0.131 e. The van der Waals surface area contributed by atoms with E-state index in [2.05, 4.69) is 62.6 Å². The van der Waals surface area contributed by atoms with E-state index in [9.17, 15) is 5.11 Å². The third-order valence-corrected chi connectivity index (χ3v) is 8.09. The molecule has 1 atom stereocenters. The van der Waals surface area contributed by atoms with Gasteiger partial charge in [-0.25, -0.2) is 0 Å². The van der Waals surface area contributed by atoms with Crippen LogP contribution < -0.4 is 19.7 Å². The van der Waals surface area contributed by atoms with Crippen LogP contribution >= 0.6 is 0 Å². The molecule has 2 aromatic carbocycles. The standard InChI is InChI=1S/C30H34N4O3/c1-36-23-11-12-28-26(19-23)24(25-9-5-15-31-27(25)20-37-28)10-6-16-33-17-13-30(14-18-33)29(35)32-21-34(30)22-7-3-2-4-8-22/h2-5,7-12,15,19,29,32,35H,6,13-14,16-18,20-21H2,1H3/b24-10+. The lowest BCUT2D eigenvalue weighted by molar-refractivity contribution is 0.0441. The van der Waals surface area contributed by atoms with Crippen LogP contribution in [0, 0.1) is 0 Å². The van der Waals surface area contributed by atoms with Crippen LogP contribution in [0.4, 0.5) is 5.69 Å². The number of hydrogen-bond acceptors (Lipinski definition) is 7. The van der Waals surface area contributed by atoms with Crippen molar-refractivity contribution in [1.82, 2.24) is 15.2 Å². The van der Waals surface area contributed by atoms with E-state index in [0.29, 0.717) is 13.3 Å². The van der Waals surface area contributed by atoms with Gasteiger partial charge in [0.05, 0.1) is 25.0 Å². The molecule has 3 aliphatic heterocycles. The van der Waals surface area contributed by atoms with E-state index in [-0.39, 0.29) is 5.54 Å². The predicted octanol–water partition coefficient (Wildman–Crippen LogP) is 4.02. The number of ether oxygens (including phenoxy) is 2. The fourth-order valence-electron chi connectivity index (χ4n) is 6.01. The highest BCUT2D eigenvalue weighted by molar-refractivity contribution is 5.85. The molecular formula is C30H34N4O3. The van der Waals surface area contributed by atoms with Crippen molar-refractivity contribution in [1.29, 1.82) is 0 Å². The van der Waals surface area contributed by atoms with Gasteiger partial charge in [0.25, 0.3) is 0 Å². The lowest BCUT2D eigenvalue weighted by atomic mass is 9.84. The van der Waals surface area contributed by atoms with Crippen LogP contribution in [0.2, 0.25) is 0 Å². The van der Waals surface area contributed by atoms with Crippen LogP contribution in [0.15, 0.2) is 72.9 Å². The lowest BCUT2D eigenvalue weighted by Gasteiger charge is -2.46. The first kappa shape index (κ1) is 24.0. The number of rotatable bonds is 5. The second kappa shape index (κ2) is 10.2. The number of piperidine rings is 1. The summed E-state index contributed by atoms with van der Waals surface area (Å²) in [4.78, 5) is 9.46. The van der Waals surface area contributed by atoms with E-state index in [0.717, 1.165) is 72.8 Å². The van der Waals surface area contributed by atoms with Crippen LogP contribution in [0.3, 0.4) is 0 Å². The Balaban J connectivity index is 1.18. The Morgan fingerprint density at radius 3 is 2.76 bits per heavy atom. The van der Waals surface area contributed by atoms with E-state index in [1.54, 1.807) is 7.11 Å². The average Bonchev–Trinajstić information content (AvgIpc) is 3.17. The number of fused-ring (bicyclic) bond motifs is 2. The second-order valence-corrected chi connectivity index (χ2v) is 10.0. The van der Waals surface area contributed by atoms with E-state index in [1.165, 1.54) is 5.69 Å². The predicted molar refractivity (Wildman–Crippen MR) is 145 cm³/mol. The number of anilines is 1. The average molecular weight is 499 g/mol. The number of nitrogens with zero attached hydrogens (tertiary/aromatic N) is 3. The molecule has 1 unspecified atom stereocenters. The first-order valence-corrected chi connectivity index (χ1v) is 13.1. The summed E-state index contributed by atoms with van der Waals surface area (Å²) in [5.74, 6) is 1.67. The van der Waals surface area contributed by atoms with Crippen LogP contribution in [-0.2, 0) is 6.61 Å². The number of benzene rings is 2. The minimum Gasteiger partial charge on any atom is -0.497 e. The van der Waals surface area contributed by atoms with Gasteiger partial charge in [-0.3, -0.25) is 10.3 Å². The molecule has 2 saturated heterocycles. The largest absolute Gasteiger partial charge is 0.497 e. The molecule has 1 aromatic heterocycles. The van der Waals surface area contributed by atoms with Crippen LogP contribution in [0.5, 0.6) is 11.5 Å². The number of pyridine rings is 1. The van der Waals surface area contributed by atoms with Crippen molar-refractivity contribution in [3.8, 4) is 11.5 Å². The van der Waals surface area contributed by atoms with Crippen LogP contribution in [-0.4, -0.2) is 60.2 Å². The number of aromatic nitrogens is 1. The number of methoxy groups -OCH3 is 1. The summed E-state index contributed by atoms with van der Waals surface area (Å²) < 4.78 is 11.6. The number of aliphatic hydroxyl groups excluding tert-OH is 1. The maximum Gasteiger partial charge on any atom is 0.131 e. The van der Waals surface area contributed by atoms with Crippen molar-refractivity contribution >= 4 is 11.3 Å². The van der Waals surface area contributed by atoms with Gasteiger partial charge < -0.3 is 24.4 Å². The summed E-state index contributed by atoms with van der Waals surface area (Å²) in [6.45, 7) is 4.00. The van der Waals surface area contributed by atoms with Crippen molar-refractivity contribution in [2.75, 3.05) is 38.3 Å². The highest BCUT2D eigenvalue weighted by atomic mass is 16.5. The SMILES string of the molecule is COc1ccc2c(c1)/C(=C/CCN1CCC3(CC1)C(O)NCN3c1ccccc1)c1cccnc1CO2. The van der Waals surface area contributed by atoms with Gasteiger partial charge in [0.2, 0.25) is 0 Å². The maximum atomic E-state index is 10.9. The topological polar surface area (TPSA) is 70.1 Å². The molecular weight excluding hydrogens is 464 g/mol. The quantitative estimate of drug-likeness (QED) is 0.551. The Labute approximate surface area is 218 Å². The summed E-state index contributed by atoms with van der Waals surface area (Å²) >= 11 is 0. The molecule has 192 valence electrons. The van der Waals surface area contributed by atoms with Gasteiger partial charge in [-0.05, 0) is 61.2 Å². The Bertz CT molecular complexity index is 1270. The highest BCUT2D eigenvalue weighted by Gasteiger charge is 2.49. The maximum absolute atomic E-state index is 10.9. The van der Waals surface area contributed by atoms with Gasteiger partial charge in [0.1, 0.15) is 24.3 Å². The Hall–Kier alpha value is -3.39. The molecule has 0 radical (unpaired) electrons. The van der Waals surface area contributed by atoms with Crippen molar-refractivity contribution in [2.45, 2.75) is 37.6 Å². The summed E-state index contributed by atoms with van der Waals surface area (Å²) in [6.07, 6.45) is 6.39. The van der Waals surface area contributed by atoms with Crippen molar-refractivity contribution in [2.24, 2.45) is 0 Å². The molecule has 0 aliphatic carbocycles. The third kappa shape index (κ3) is 4.48. The van der Waals surface area contributed by atoms with E-state index in [4.69, 9.17) is 9.47 Å². The molecule has 1 spiro atoms. The molecule has 37 heavy (non-hydrogen) atoms. The molecule has 7 nitrogen and oxygen atoms in total. The highest BCUT2D eigenvalue weighted by Crippen LogP contribution is 2.40. The minimum atomic E-state index is -0.515. The number of likely N-dealkylation sites (tertiary alicyclic amines) is 1. The van der Waals surface area contributed by atoms with Gasteiger partial charge in [-0.2, -0.15) is 0 Å². The number of para-hydroxylation sites is 1. The van der Waals surface area contributed by atoms with E-state index in [1.807, 2.05) is 30.5 Å². The summed E-state index contributed by atoms with van der Waals surface area (Å²) in [5, 5.41) is 14.2. The van der Waals surface area contributed by atoms with Crippen molar-refractivity contribution in [3.05, 3.63) is 89.8 Å². The van der Waals surface area contributed by atoms with E-state index < -0.39 is 6.23 Å². The second-order valence-electron chi connectivity index (χ2n) is 10.0. The molecule has 0 amide bonds. The monoisotopic (exact) mass is 498 g/mol. The van der Waals surface area contributed by atoms with Crippen LogP contribution in [0.25, 0.3) is 5.57 Å². The summed E-state index contributed by atoms with van der Waals surface area (Å²) in [5.41, 5.74) is 5.17. The first-order chi connectivity index (χ1) is 18.2. The molecule has 7 heteroatoms. The lowest BCUT2D eigenvalue weighted by Crippen LogP contribution is -2.58. The Kier molecular flexibility index (Phi) is 6.59. The van der Waals surface area contributed by atoms with Crippen molar-refractivity contribution < 1.29 is 14.6 Å². The zero-order valence-electron chi connectivity index (χ0n) is 21.3. The van der Waals surface area contributed by atoms with Gasteiger partial charge in [0, 0.05) is 42.6 Å². The Morgan fingerprint density at radius 2 is 1.95 bits per heavy atom. The molecule has 0 saturated carbocycles. The zero-order chi connectivity index (χ0) is 25.2. The summed E-state index contributed by atoms with van der Waals surface area (Å²) in [7, 11) is 1.69. The first-order valence-electron chi connectivity index (χ1n) is 13.1. The number of aliphatic hydroxyl groups is 1. The molecule has 3 aromatic rings. The van der Waals surface area contributed by atoms with Crippen LogP contribution in [0.1, 0.15) is 36.1 Å². The molecule has 3 aliphatic rings. The molecule has 2 fully saturated rings. The number of hydrogen-bond donors (Lipinski definition) is 2. The minimum absolute atomic E-state index is 0.255. The molecule has 4 heterocycles. The molecule has 0 bridgehead atoms. The zero-order valence-corrected chi connectivity index (χ0v) is 21.3. The van der Waals surface area contributed by atoms with Gasteiger partial charge >= 0.3 is 0 Å². The van der Waals surface area contributed by atoms with Gasteiger partial charge in [0.15, 0.2) is 0 Å². The third-order valence-electron chi connectivity index (χ3n) is 8.09. The number of nitrogens with one attached hydrogen (secondary N) is 1. The van der Waals surface area contributed by atoms with E-state index >= 15 is 0 Å².